The summed E-state index contributed by atoms with van der Waals surface area (Å²) >= 11 is 0. The Balaban J connectivity index is 2.31. The summed E-state index contributed by atoms with van der Waals surface area (Å²) in [5.74, 6) is 0.740. The number of nitrogens with one attached hydrogen (secondary N) is 1. The average molecular weight is 247 g/mol. The van der Waals surface area contributed by atoms with Gasteiger partial charge in [0.05, 0.1) is 11.5 Å². The minimum atomic E-state index is -2.72. The molecule has 1 unspecified atom stereocenters. The molecular weight excluding hydrogens is 222 g/mol. The average Bonchev–Trinajstić information content (AvgIpc) is 2.26. The maximum Gasteiger partial charge on any atom is 0.150 e. The molecular formula is C12H25NO2S. The van der Waals surface area contributed by atoms with Gasteiger partial charge in [-0.15, -0.1) is 0 Å². The Bertz CT molecular complexity index is 273. The first-order valence-corrected chi connectivity index (χ1v) is 8.36. The van der Waals surface area contributed by atoms with Crippen molar-refractivity contribution in [1.29, 1.82) is 0 Å². The molecule has 1 aliphatic heterocycles. The van der Waals surface area contributed by atoms with Crippen LogP contribution in [0, 0.1) is 0 Å². The van der Waals surface area contributed by atoms with Gasteiger partial charge in [0, 0.05) is 12.1 Å². The topological polar surface area (TPSA) is 46.2 Å². The number of hydrogen-bond acceptors (Lipinski definition) is 3. The standard InChI is InChI=1S/C12H25NO2S/c1-3-5-6-11(4-2)13-12-7-9-16(14,15)10-8-12/h11-13H,3-10H2,1-2H3. The van der Waals surface area contributed by atoms with Crippen LogP contribution in [0.15, 0.2) is 0 Å². The van der Waals surface area contributed by atoms with Gasteiger partial charge in [-0.05, 0) is 25.7 Å². The number of sulfone groups is 1. The number of rotatable bonds is 6. The van der Waals surface area contributed by atoms with Crippen molar-refractivity contribution in [2.75, 3.05) is 11.5 Å². The zero-order valence-corrected chi connectivity index (χ0v) is 11.4. The summed E-state index contributed by atoms with van der Waals surface area (Å²) in [7, 11) is -2.72. The molecule has 4 heteroatoms. The van der Waals surface area contributed by atoms with Crippen LogP contribution in [-0.4, -0.2) is 32.0 Å². The van der Waals surface area contributed by atoms with E-state index in [2.05, 4.69) is 19.2 Å². The van der Waals surface area contributed by atoms with Gasteiger partial charge in [0.1, 0.15) is 9.84 Å². The molecule has 1 heterocycles. The first-order valence-electron chi connectivity index (χ1n) is 6.54. The first-order chi connectivity index (χ1) is 7.57. The zero-order chi connectivity index (χ0) is 12.0. The molecule has 0 aromatic carbocycles. The predicted octanol–water partition coefficient (Wildman–Crippen LogP) is 2.12. The van der Waals surface area contributed by atoms with Crippen LogP contribution in [0.5, 0.6) is 0 Å². The van der Waals surface area contributed by atoms with E-state index >= 15 is 0 Å². The minimum absolute atomic E-state index is 0.370. The molecule has 0 amide bonds. The van der Waals surface area contributed by atoms with Gasteiger partial charge in [-0.3, -0.25) is 0 Å². The second kappa shape index (κ2) is 6.60. The lowest BCUT2D eigenvalue weighted by Gasteiger charge is -2.28. The van der Waals surface area contributed by atoms with Gasteiger partial charge in [0.15, 0.2) is 0 Å². The quantitative estimate of drug-likeness (QED) is 0.782. The summed E-state index contributed by atoms with van der Waals surface area (Å²) in [5, 5.41) is 3.61. The molecule has 0 spiro atoms. The van der Waals surface area contributed by atoms with Gasteiger partial charge in [0.25, 0.3) is 0 Å². The van der Waals surface area contributed by atoms with Crippen LogP contribution >= 0.6 is 0 Å². The first kappa shape index (κ1) is 14.0. The highest BCUT2D eigenvalue weighted by Crippen LogP contribution is 2.14. The highest BCUT2D eigenvalue weighted by molar-refractivity contribution is 7.91. The Morgan fingerprint density at radius 3 is 2.38 bits per heavy atom. The molecule has 0 aliphatic carbocycles. The van der Waals surface area contributed by atoms with Crippen LogP contribution in [0.2, 0.25) is 0 Å². The highest BCUT2D eigenvalue weighted by atomic mass is 32.2. The largest absolute Gasteiger partial charge is 0.311 e. The third-order valence-electron chi connectivity index (χ3n) is 3.42. The molecule has 0 saturated carbocycles. The molecule has 16 heavy (non-hydrogen) atoms. The summed E-state index contributed by atoms with van der Waals surface area (Å²) < 4.78 is 22.6. The lowest BCUT2D eigenvalue weighted by atomic mass is 10.0. The van der Waals surface area contributed by atoms with Crippen LogP contribution < -0.4 is 5.32 Å². The minimum Gasteiger partial charge on any atom is -0.311 e. The number of unbranched alkanes of at least 4 members (excludes halogenated alkanes) is 1. The van der Waals surface area contributed by atoms with Crippen LogP contribution in [0.4, 0.5) is 0 Å². The molecule has 1 saturated heterocycles. The van der Waals surface area contributed by atoms with E-state index in [0.717, 1.165) is 19.3 Å². The highest BCUT2D eigenvalue weighted by Gasteiger charge is 2.24. The molecule has 0 bridgehead atoms. The van der Waals surface area contributed by atoms with Gasteiger partial charge in [-0.2, -0.15) is 0 Å². The predicted molar refractivity (Wildman–Crippen MR) is 68.4 cm³/mol. The maximum atomic E-state index is 11.3. The lowest BCUT2D eigenvalue weighted by molar-refractivity contribution is 0.369. The van der Waals surface area contributed by atoms with Crippen LogP contribution in [0.25, 0.3) is 0 Å². The van der Waals surface area contributed by atoms with Crippen molar-refractivity contribution in [3.63, 3.8) is 0 Å². The molecule has 96 valence electrons. The van der Waals surface area contributed by atoms with Crippen LogP contribution in [-0.2, 0) is 9.84 Å². The van der Waals surface area contributed by atoms with Crippen molar-refractivity contribution in [1.82, 2.24) is 5.32 Å². The number of hydrogen-bond donors (Lipinski definition) is 1. The van der Waals surface area contributed by atoms with Crippen molar-refractivity contribution < 1.29 is 8.42 Å². The third-order valence-corrected chi connectivity index (χ3v) is 5.14. The Hall–Kier alpha value is -0.0900. The Morgan fingerprint density at radius 1 is 1.25 bits per heavy atom. The van der Waals surface area contributed by atoms with Gasteiger partial charge in [-0.25, -0.2) is 8.42 Å². The van der Waals surface area contributed by atoms with E-state index < -0.39 is 9.84 Å². The van der Waals surface area contributed by atoms with E-state index in [4.69, 9.17) is 0 Å². The van der Waals surface area contributed by atoms with E-state index in [9.17, 15) is 8.42 Å². The smallest absolute Gasteiger partial charge is 0.150 e. The van der Waals surface area contributed by atoms with Gasteiger partial charge in [-0.1, -0.05) is 26.7 Å². The monoisotopic (exact) mass is 247 g/mol. The second-order valence-corrected chi connectivity index (χ2v) is 7.14. The van der Waals surface area contributed by atoms with E-state index in [-0.39, 0.29) is 0 Å². The lowest BCUT2D eigenvalue weighted by Crippen LogP contribution is -2.42. The van der Waals surface area contributed by atoms with Crippen molar-refractivity contribution in [2.45, 2.75) is 64.5 Å². The molecule has 1 rings (SSSR count). The summed E-state index contributed by atoms with van der Waals surface area (Å²) in [6.45, 7) is 4.41. The molecule has 0 aromatic heterocycles. The SMILES string of the molecule is CCCCC(CC)NC1CCS(=O)(=O)CC1. The van der Waals surface area contributed by atoms with Crippen molar-refractivity contribution in [2.24, 2.45) is 0 Å². The normalized spacial score (nSPS) is 23.1. The van der Waals surface area contributed by atoms with Gasteiger partial charge in [0.2, 0.25) is 0 Å². The fourth-order valence-electron chi connectivity index (χ4n) is 2.25. The zero-order valence-electron chi connectivity index (χ0n) is 10.5. The molecule has 0 radical (unpaired) electrons. The molecule has 0 aromatic rings. The van der Waals surface area contributed by atoms with Crippen LogP contribution in [0.1, 0.15) is 52.4 Å². The molecule has 1 N–H and O–H groups in total. The summed E-state index contributed by atoms with van der Waals surface area (Å²) in [6.07, 6.45) is 6.45. The van der Waals surface area contributed by atoms with E-state index in [1.807, 2.05) is 0 Å². The van der Waals surface area contributed by atoms with E-state index in [1.54, 1.807) is 0 Å². The summed E-state index contributed by atoms with van der Waals surface area (Å²) in [6, 6.07) is 0.996. The summed E-state index contributed by atoms with van der Waals surface area (Å²) in [5.41, 5.74) is 0. The van der Waals surface area contributed by atoms with Gasteiger partial charge >= 0.3 is 0 Å². The summed E-state index contributed by atoms with van der Waals surface area (Å²) in [4.78, 5) is 0. The van der Waals surface area contributed by atoms with Crippen LogP contribution in [0.3, 0.4) is 0 Å². The van der Waals surface area contributed by atoms with E-state index in [0.29, 0.717) is 23.6 Å². The van der Waals surface area contributed by atoms with Crippen molar-refractivity contribution in [3.8, 4) is 0 Å². The second-order valence-electron chi connectivity index (χ2n) is 4.84. The Morgan fingerprint density at radius 2 is 1.88 bits per heavy atom. The maximum absolute atomic E-state index is 11.3. The van der Waals surface area contributed by atoms with Gasteiger partial charge < -0.3 is 5.32 Å². The molecule has 1 fully saturated rings. The Kier molecular flexibility index (Phi) is 5.76. The Labute approximate surface area is 99.9 Å². The van der Waals surface area contributed by atoms with Crippen molar-refractivity contribution >= 4 is 9.84 Å². The van der Waals surface area contributed by atoms with Crippen molar-refractivity contribution in [3.05, 3.63) is 0 Å². The van der Waals surface area contributed by atoms with E-state index in [1.165, 1.54) is 19.3 Å². The third kappa shape index (κ3) is 4.83. The molecule has 1 aliphatic rings. The molecule has 1 atom stereocenters. The molecule has 3 nitrogen and oxygen atoms in total. The fraction of sp³-hybridized carbons (Fsp3) is 1.00. The fourth-order valence-corrected chi connectivity index (χ4v) is 3.74.